The molecule has 0 N–H and O–H groups in total. The fraction of sp³-hybridized carbons (Fsp3) is 0. The first-order valence-electron chi connectivity index (χ1n) is 12.2. The molecular formula is C34H23NO. The summed E-state index contributed by atoms with van der Waals surface area (Å²) in [6, 6.07) is 49.0. The summed E-state index contributed by atoms with van der Waals surface area (Å²) in [5, 5.41) is 4.70. The van der Waals surface area contributed by atoms with Gasteiger partial charge in [0.25, 0.3) is 0 Å². The topological polar surface area (TPSA) is 16.4 Å². The molecule has 0 bridgehead atoms. The maximum absolute atomic E-state index is 6.28. The zero-order valence-electron chi connectivity index (χ0n) is 19.6. The van der Waals surface area contributed by atoms with Crippen molar-refractivity contribution >= 4 is 49.8 Å². The molecule has 0 aliphatic heterocycles. The third-order valence-corrected chi connectivity index (χ3v) is 6.84. The number of hydrogen-bond acceptors (Lipinski definition) is 2. The number of fused-ring (bicyclic) bond motifs is 4. The molecule has 170 valence electrons. The quantitative estimate of drug-likeness (QED) is 0.259. The van der Waals surface area contributed by atoms with E-state index in [1.54, 1.807) is 0 Å². The van der Waals surface area contributed by atoms with Crippen LogP contribution in [0.2, 0.25) is 0 Å². The van der Waals surface area contributed by atoms with E-state index in [1.165, 1.54) is 16.3 Å². The molecule has 0 amide bonds. The first-order valence-corrected chi connectivity index (χ1v) is 12.2. The van der Waals surface area contributed by atoms with Crippen molar-refractivity contribution in [2.45, 2.75) is 0 Å². The molecule has 7 rings (SSSR count). The van der Waals surface area contributed by atoms with Crippen LogP contribution in [0.15, 0.2) is 144 Å². The van der Waals surface area contributed by atoms with Crippen LogP contribution in [-0.4, -0.2) is 0 Å². The molecule has 0 spiro atoms. The zero-order valence-corrected chi connectivity index (χ0v) is 19.6. The molecule has 2 nitrogen and oxygen atoms in total. The highest BCUT2D eigenvalue weighted by atomic mass is 16.3. The van der Waals surface area contributed by atoms with E-state index in [1.807, 2.05) is 12.1 Å². The normalized spacial score (nSPS) is 11.3. The van der Waals surface area contributed by atoms with E-state index in [9.17, 15) is 0 Å². The summed E-state index contributed by atoms with van der Waals surface area (Å²) in [6.45, 7) is 0. The molecule has 0 saturated carbocycles. The van der Waals surface area contributed by atoms with E-state index >= 15 is 0 Å². The smallest absolute Gasteiger partial charge is 0.136 e. The summed E-state index contributed by atoms with van der Waals surface area (Å²) in [7, 11) is 0. The molecule has 0 aliphatic carbocycles. The molecular weight excluding hydrogens is 438 g/mol. The van der Waals surface area contributed by atoms with Gasteiger partial charge in [0, 0.05) is 27.7 Å². The zero-order chi connectivity index (χ0) is 23.9. The number of anilines is 3. The Morgan fingerprint density at radius 2 is 1.06 bits per heavy atom. The molecule has 6 aromatic carbocycles. The van der Waals surface area contributed by atoms with Crippen molar-refractivity contribution in [3.63, 3.8) is 0 Å². The van der Waals surface area contributed by atoms with Gasteiger partial charge in [0.1, 0.15) is 11.2 Å². The van der Waals surface area contributed by atoms with Gasteiger partial charge in [0.2, 0.25) is 0 Å². The summed E-state index contributed by atoms with van der Waals surface area (Å²) in [4.78, 5) is 2.34. The van der Waals surface area contributed by atoms with E-state index in [4.69, 9.17) is 4.42 Å². The maximum atomic E-state index is 6.28. The van der Waals surface area contributed by atoms with E-state index in [0.29, 0.717) is 0 Å². The Bertz CT molecular complexity index is 1790. The second-order valence-electron chi connectivity index (χ2n) is 9.00. The van der Waals surface area contributed by atoms with Crippen LogP contribution < -0.4 is 4.90 Å². The van der Waals surface area contributed by atoms with Gasteiger partial charge in [-0.1, -0.05) is 91.0 Å². The van der Waals surface area contributed by atoms with Crippen LogP contribution in [0.5, 0.6) is 0 Å². The third-order valence-electron chi connectivity index (χ3n) is 6.84. The van der Waals surface area contributed by atoms with Gasteiger partial charge in [-0.3, -0.25) is 0 Å². The number of furan rings is 1. The lowest BCUT2D eigenvalue weighted by Crippen LogP contribution is -2.11. The lowest BCUT2D eigenvalue weighted by atomic mass is 9.94. The highest BCUT2D eigenvalue weighted by Crippen LogP contribution is 2.45. The second-order valence-corrected chi connectivity index (χ2v) is 9.00. The predicted octanol–water partition coefficient (Wildman–Crippen LogP) is 9.88. The fourth-order valence-electron chi connectivity index (χ4n) is 5.21. The lowest BCUT2D eigenvalue weighted by Gasteiger charge is -2.28. The Balaban J connectivity index is 1.54. The van der Waals surface area contributed by atoms with E-state index in [2.05, 4.69) is 132 Å². The van der Waals surface area contributed by atoms with Gasteiger partial charge in [-0.2, -0.15) is 0 Å². The summed E-state index contributed by atoms with van der Waals surface area (Å²) in [5.74, 6) is 0. The van der Waals surface area contributed by atoms with E-state index < -0.39 is 0 Å². The van der Waals surface area contributed by atoms with Crippen LogP contribution in [0.25, 0.3) is 43.8 Å². The van der Waals surface area contributed by atoms with Crippen molar-refractivity contribution in [2.75, 3.05) is 4.90 Å². The number of benzene rings is 6. The highest BCUT2D eigenvalue weighted by molar-refractivity contribution is 6.09. The predicted molar refractivity (Wildman–Crippen MR) is 151 cm³/mol. The summed E-state index contributed by atoms with van der Waals surface area (Å²) >= 11 is 0. The molecule has 36 heavy (non-hydrogen) atoms. The Hall–Kier alpha value is -4.82. The first-order chi connectivity index (χ1) is 17.9. The second kappa shape index (κ2) is 8.44. The van der Waals surface area contributed by atoms with Crippen LogP contribution in [0.1, 0.15) is 0 Å². The monoisotopic (exact) mass is 461 g/mol. The van der Waals surface area contributed by atoms with Gasteiger partial charge in [-0.15, -0.1) is 0 Å². The van der Waals surface area contributed by atoms with Gasteiger partial charge >= 0.3 is 0 Å². The van der Waals surface area contributed by atoms with Crippen LogP contribution in [0.3, 0.4) is 0 Å². The van der Waals surface area contributed by atoms with Crippen LogP contribution in [-0.2, 0) is 0 Å². The SMILES string of the molecule is c1ccc(N(c2ccccc2)c2ccc3ccccc3c2-c2ccc3c(c2)oc2ccccc23)cc1. The molecule has 1 aromatic heterocycles. The average molecular weight is 462 g/mol. The van der Waals surface area contributed by atoms with Gasteiger partial charge in [-0.25, -0.2) is 0 Å². The number of para-hydroxylation sites is 3. The molecule has 0 saturated heterocycles. The Morgan fingerprint density at radius 1 is 0.444 bits per heavy atom. The van der Waals surface area contributed by atoms with Crippen LogP contribution >= 0.6 is 0 Å². The Morgan fingerprint density at radius 3 is 1.81 bits per heavy atom. The van der Waals surface area contributed by atoms with Crippen LogP contribution in [0, 0.1) is 0 Å². The van der Waals surface area contributed by atoms with Gasteiger partial charge < -0.3 is 9.32 Å². The fourth-order valence-corrected chi connectivity index (χ4v) is 5.21. The molecule has 7 aromatic rings. The lowest BCUT2D eigenvalue weighted by molar-refractivity contribution is 0.669. The van der Waals surface area contributed by atoms with E-state index in [0.717, 1.165) is 44.6 Å². The molecule has 0 fully saturated rings. The number of nitrogens with zero attached hydrogens (tertiary/aromatic N) is 1. The van der Waals surface area contributed by atoms with Gasteiger partial charge in [-0.05, 0) is 64.9 Å². The summed E-state index contributed by atoms with van der Waals surface area (Å²) in [5.41, 5.74) is 7.49. The largest absolute Gasteiger partial charge is 0.456 e. The molecule has 0 radical (unpaired) electrons. The van der Waals surface area contributed by atoms with Crippen molar-refractivity contribution in [3.05, 3.63) is 140 Å². The number of hydrogen-bond donors (Lipinski definition) is 0. The Labute approximate surface area is 209 Å². The molecule has 0 unspecified atom stereocenters. The minimum Gasteiger partial charge on any atom is -0.456 e. The van der Waals surface area contributed by atoms with Crippen molar-refractivity contribution in [1.29, 1.82) is 0 Å². The first kappa shape index (κ1) is 20.5. The summed E-state index contributed by atoms with van der Waals surface area (Å²) < 4.78 is 6.28. The standard InChI is InChI=1S/C34H23NO/c1-3-12-26(13-4-1)35(27-14-5-2-6-15-27)31-22-20-24-11-7-8-16-28(24)34(31)25-19-21-30-29-17-9-10-18-32(29)36-33(30)23-25/h1-23H. The van der Waals surface area contributed by atoms with Crippen molar-refractivity contribution in [3.8, 4) is 11.1 Å². The molecule has 1 heterocycles. The summed E-state index contributed by atoms with van der Waals surface area (Å²) in [6.07, 6.45) is 0. The highest BCUT2D eigenvalue weighted by Gasteiger charge is 2.20. The van der Waals surface area contributed by atoms with E-state index in [-0.39, 0.29) is 0 Å². The van der Waals surface area contributed by atoms with Gasteiger partial charge in [0.15, 0.2) is 0 Å². The van der Waals surface area contributed by atoms with Crippen molar-refractivity contribution in [1.82, 2.24) is 0 Å². The number of rotatable bonds is 4. The minimum absolute atomic E-state index is 0.901. The van der Waals surface area contributed by atoms with Crippen molar-refractivity contribution in [2.24, 2.45) is 0 Å². The Kier molecular flexibility index (Phi) is 4.82. The van der Waals surface area contributed by atoms with Gasteiger partial charge in [0.05, 0.1) is 5.69 Å². The van der Waals surface area contributed by atoms with Crippen LogP contribution in [0.4, 0.5) is 17.1 Å². The van der Waals surface area contributed by atoms with Crippen molar-refractivity contribution < 1.29 is 4.42 Å². The molecule has 0 aliphatic rings. The third kappa shape index (κ3) is 3.35. The minimum atomic E-state index is 0.901. The average Bonchev–Trinajstić information content (AvgIpc) is 3.32. The molecule has 2 heteroatoms. The molecule has 0 atom stereocenters. The maximum Gasteiger partial charge on any atom is 0.136 e.